The summed E-state index contributed by atoms with van der Waals surface area (Å²) in [4.78, 5) is 9.94. The highest BCUT2D eigenvalue weighted by Gasteiger charge is 2.18. The van der Waals surface area contributed by atoms with Gasteiger partial charge in [-0.3, -0.25) is 4.98 Å². The van der Waals surface area contributed by atoms with E-state index < -0.39 is 0 Å². The van der Waals surface area contributed by atoms with Gasteiger partial charge in [0.25, 0.3) is 0 Å². The second-order valence-electron chi connectivity index (χ2n) is 3.52. The lowest BCUT2D eigenvalue weighted by atomic mass is 10.2. The molecule has 2 aromatic rings. The Morgan fingerprint density at radius 1 is 1.38 bits per heavy atom. The van der Waals surface area contributed by atoms with E-state index in [1.54, 1.807) is 22.7 Å². The molecule has 2 aromatic heterocycles. The summed E-state index contributed by atoms with van der Waals surface area (Å²) >= 11 is 5.36. The topological polar surface area (TPSA) is 37.8 Å². The highest BCUT2D eigenvalue weighted by molar-refractivity contribution is 7.99. The number of thiazole rings is 2. The molecule has 0 amide bonds. The van der Waals surface area contributed by atoms with Crippen LogP contribution in [0, 0.1) is 0 Å². The molecule has 1 saturated heterocycles. The van der Waals surface area contributed by atoms with Crippen molar-refractivity contribution in [3.05, 3.63) is 22.8 Å². The average Bonchev–Trinajstić information content (AvgIpc) is 3.01. The van der Waals surface area contributed by atoms with Gasteiger partial charge in [-0.05, 0) is 0 Å². The molecule has 84 valence electrons. The maximum Gasteiger partial charge on any atom is 0.135 e. The normalized spacial score (nSPS) is 21.1. The molecule has 3 nitrogen and oxygen atoms in total. The second kappa shape index (κ2) is 4.83. The zero-order valence-electron chi connectivity index (χ0n) is 8.55. The number of nitrogens with one attached hydrogen (secondary N) is 1. The molecule has 0 radical (unpaired) electrons. The maximum atomic E-state index is 4.69. The van der Waals surface area contributed by atoms with E-state index in [0.29, 0.717) is 6.04 Å². The summed E-state index contributed by atoms with van der Waals surface area (Å²) in [6, 6.07) is 0.427. The summed E-state index contributed by atoms with van der Waals surface area (Å²) in [6.45, 7) is 1.09. The van der Waals surface area contributed by atoms with Crippen LogP contribution in [-0.2, 0) is 0 Å². The van der Waals surface area contributed by atoms with Crippen LogP contribution in [-0.4, -0.2) is 28.0 Å². The molecule has 3 rings (SSSR count). The van der Waals surface area contributed by atoms with Crippen LogP contribution >= 0.6 is 34.4 Å². The Kier molecular flexibility index (Phi) is 3.23. The van der Waals surface area contributed by atoms with Crippen molar-refractivity contribution in [2.45, 2.75) is 6.04 Å². The average molecular weight is 269 g/mol. The fraction of sp³-hybridized carbons (Fsp3) is 0.400. The lowest BCUT2D eigenvalue weighted by Crippen LogP contribution is -2.30. The fourth-order valence-electron chi connectivity index (χ4n) is 1.64. The summed E-state index contributed by atoms with van der Waals surface area (Å²) in [5.74, 6) is 2.34. The maximum absolute atomic E-state index is 4.69. The SMILES string of the molecule is c1ncc(-c2nc(C3CSCCN3)cs2)s1. The predicted octanol–water partition coefficient (Wildman–Crippen LogP) is 2.64. The molecular weight excluding hydrogens is 258 g/mol. The van der Waals surface area contributed by atoms with Gasteiger partial charge in [0.1, 0.15) is 5.01 Å². The van der Waals surface area contributed by atoms with Crippen LogP contribution in [0.5, 0.6) is 0 Å². The molecule has 1 N–H and O–H groups in total. The third-order valence-corrected chi connectivity index (χ3v) is 5.31. The smallest absolute Gasteiger partial charge is 0.135 e. The van der Waals surface area contributed by atoms with E-state index in [1.165, 1.54) is 16.3 Å². The summed E-state index contributed by atoms with van der Waals surface area (Å²) in [5, 5.41) is 6.76. The monoisotopic (exact) mass is 269 g/mol. The Bertz CT molecular complexity index is 446. The van der Waals surface area contributed by atoms with Gasteiger partial charge in [0.05, 0.1) is 22.1 Å². The summed E-state index contributed by atoms with van der Waals surface area (Å²) in [5.41, 5.74) is 3.03. The summed E-state index contributed by atoms with van der Waals surface area (Å²) in [7, 11) is 0. The standard InChI is InChI=1S/C10H11N3S3/c1-2-14-4-7(12-1)8-5-15-10(13-8)9-3-11-6-16-9/h3,5-7,12H,1-2,4H2. The van der Waals surface area contributed by atoms with E-state index in [1.807, 2.05) is 23.5 Å². The van der Waals surface area contributed by atoms with Gasteiger partial charge < -0.3 is 5.32 Å². The van der Waals surface area contributed by atoms with Crippen LogP contribution in [0.1, 0.15) is 11.7 Å². The van der Waals surface area contributed by atoms with E-state index in [2.05, 4.69) is 20.7 Å². The van der Waals surface area contributed by atoms with Crippen molar-refractivity contribution >= 4 is 34.4 Å². The third-order valence-electron chi connectivity index (χ3n) is 2.44. The summed E-state index contributed by atoms with van der Waals surface area (Å²) in [6.07, 6.45) is 1.89. The van der Waals surface area contributed by atoms with Crippen molar-refractivity contribution in [2.24, 2.45) is 0 Å². The number of aromatic nitrogens is 2. The molecule has 0 saturated carbocycles. The lowest BCUT2D eigenvalue weighted by molar-refractivity contribution is 0.584. The number of thioether (sulfide) groups is 1. The first-order valence-electron chi connectivity index (χ1n) is 5.09. The molecule has 1 unspecified atom stereocenters. The van der Waals surface area contributed by atoms with Crippen LogP contribution in [0.15, 0.2) is 17.1 Å². The highest BCUT2D eigenvalue weighted by Crippen LogP contribution is 2.30. The van der Waals surface area contributed by atoms with Crippen LogP contribution in [0.25, 0.3) is 9.88 Å². The molecule has 6 heteroatoms. The largest absolute Gasteiger partial charge is 0.307 e. The summed E-state index contributed by atoms with van der Waals surface area (Å²) < 4.78 is 0. The lowest BCUT2D eigenvalue weighted by Gasteiger charge is -2.21. The number of rotatable bonds is 2. The second-order valence-corrected chi connectivity index (χ2v) is 6.42. The van der Waals surface area contributed by atoms with E-state index >= 15 is 0 Å². The zero-order valence-corrected chi connectivity index (χ0v) is 11.0. The van der Waals surface area contributed by atoms with E-state index in [9.17, 15) is 0 Å². The molecule has 0 aromatic carbocycles. The van der Waals surface area contributed by atoms with Crippen LogP contribution < -0.4 is 5.32 Å². The van der Waals surface area contributed by atoms with Gasteiger partial charge in [-0.1, -0.05) is 0 Å². The van der Waals surface area contributed by atoms with E-state index in [4.69, 9.17) is 0 Å². The predicted molar refractivity (Wildman–Crippen MR) is 71.3 cm³/mol. The molecule has 0 aliphatic carbocycles. The van der Waals surface area contributed by atoms with Crippen LogP contribution in [0.2, 0.25) is 0 Å². The minimum absolute atomic E-state index is 0.427. The number of hydrogen-bond donors (Lipinski definition) is 1. The van der Waals surface area contributed by atoms with Gasteiger partial charge in [-0.15, -0.1) is 22.7 Å². The van der Waals surface area contributed by atoms with E-state index in [-0.39, 0.29) is 0 Å². The molecule has 0 spiro atoms. The van der Waals surface area contributed by atoms with Gasteiger partial charge in [0.15, 0.2) is 0 Å². The van der Waals surface area contributed by atoms with Crippen molar-refractivity contribution < 1.29 is 0 Å². The van der Waals surface area contributed by atoms with Gasteiger partial charge in [0.2, 0.25) is 0 Å². The van der Waals surface area contributed by atoms with Gasteiger partial charge in [-0.25, -0.2) is 4.98 Å². The van der Waals surface area contributed by atoms with Gasteiger partial charge in [0, 0.05) is 29.6 Å². The first kappa shape index (κ1) is 10.7. The van der Waals surface area contributed by atoms with Gasteiger partial charge in [-0.2, -0.15) is 11.8 Å². The van der Waals surface area contributed by atoms with Crippen molar-refractivity contribution in [1.29, 1.82) is 0 Å². The molecule has 1 atom stereocenters. The van der Waals surface area contributed by atoms with Crippen LogP contribution in [0.3, 0.4) is 0 Å². The van der Waals surface area contributed by atoms with E-state index in [0.717, 1.165) is 17.3 Å². The molecule has 0 bridgehead atoms. The fourth-order valence-corrected chi connectivity index (χ4v) is 4.16. The van der Waals surface area contributed by atoms with Crippen molar-refractivity contribution in [3.63, 3.8) is 0 Å². The Morgan fingerprint density at radius 2 is 2.38 bits per heavy atom. The molecule has 16 heavy (non-hydrogen) atoms. The number of nitrogens with zero attached hydrogens (tertiary/aromatic N) is 2. The Balaban J connectivity index is 1.82. The first-order valence-corrected chi connectivity index (χ1v) is 8.00. The number of hydrogen-bond acceptors (Lipinski definition) is 6. The Labute approximate surface area is 106 Å². The Morgan fingerprint density at radius 3 is 3.12 bits per heavy atom. The molecular formula is C10H11N3S3. The highest BCUT2D eigenvalue weighted by atomic mass is 32.2. The first-order chi connectivity index (χ1) is 7.93. The molecule has 1 aliphatic rings. The van der Waals surface area contributed by atoms with Crippen LogP contribution in [0.4, 0.5) is 0 Å². The molecule has 1 fully saturated rings. The quantitative estimate of drug-likeness (QED) is 0.909. The Hall–Kier alpha value is -0.430. The van der Waals surface area contributed by atoms with Crippen molar-refractivity contribution in [3.8, 4) is 9.88 Å². The van der Waals surface area contributed by atoms with Crippen molar-refractivity contribution in [1.82, 2.24) is 15.3 Å². The zero-order chi connectivity index (χ0) is 10.8. The minimum atomic E-state index is 0.427. The minimum Gasteiger partial charge on any atom is -0.307 e. The van der Waals surface area contributed by atoms with Crippen molar-refractivity contribution in [2.75, 3.05) is 18.1 Å². The molecule has 1 aliphatic heterocycles. The third kappa shape index (κ3) is 2.15. The van der Waals surface area contributed by atoms with Gasteiger partial charge >= 0.3 is 0 Å². The molecule has 3 heterocycles.